The molecule has 30 heavy (non-hydrogen) atoms. The van der Waals surface area contributed by atoms with Crippen LogP contribution >= 0.6 is 0 Å². The number of alkyl halides is 3. The van der Waals surface area contributed by atoms with Crippen molar-refractivity contribution in [2.24, 2.45) is 0 Å². The van der Waals surface area contributed by atoms with E-state index in [4.69, 9.17) is 9.47 Å². The number of nitrogens with one attached hydrogen (secondary N) is 3. The van der Waals surface area contributed by atoms with Crippen LogP contribution in [0.3, 0.4) is 0 Å². The number of halogens is 3. The van der Waals surface area contributed by atoms with Crippen LogP contribution in [0.2, 0.25) is 0 Å². The summed E-state index contributed by atoms with van der Waals surface area (Å²) in [7, 11) is 0. The number of rotatable bonds is 2. The average Bonchev–Trinajstić information content (AvgIpc) is 3.22. The van der Waals surface area contributed by atoms with Crippen molar-refractivity contribution >= 4 is 16.9 Å². The van der Waals surface area contributed by atoms with Crippen LogP contribution in [0.4, 0.5) is 19.0 Å². The van der Waals surface area contributed by atoms with E-state index in [1.807, 2.05) is 24.3 Å². The van der Waals surface area contributed by atoms with Crippen molar-refractivity contribution in [2.75, 3.05) is 38.2 Å². The van der Waals surface area contributed by atoms with E-state index in [1.165, 1.54) is 6.33 Å². The zero-order valence-electron chi connectivity index (χ0n) is 16.1. The molecule has 1 saturated heterocycles. The minimum atomic E-state index is -4.46. The Morgan fingerprint density at radius 3 is 2.57 bits per heavy atom. The molecule has 0 aliphatic carbocycles. The smallest absolute Gasteiger partial charge is 0.431 e. The van der Waals surface area contributed by atoms with Gasteiger partial charge in [-0.3, -0.25) is 0 Å². The number of benzene rings is 1. The number of morpholine rings is 1. The normalized spacial score (nSPS) is 18.7. The third-order valence-electron chi connectivity index (χ3n) is 4.85. The molecule has 0 amide bonds. The van der Waals surface area contributed by atoms with Crippen LogP contribution in [0.5, 0.6) is 5.75 Å². The molecule has 7 nitrogen and oxygen atoms in total. The van der Waals surface area contributed by atoms with E-state index in [1.54, 1.807) is 0 Å². The van der Waals surface area contributed by atoms with E-state index in [0.29, 0.717) is 24.2 Å². The van der Waals surface area contributed by atoms with Gasteiger partial charge in [0, 0.05) is 25.1 Å². The Hall–Kier alpha value is -2.85. The summed E-state index contributed by atoms with van der Waals surface area (Å²) in [6.07, 6.45) is -2.52. The third-order valence-corrected chi connectivity index (χ3v) is 4.85. The first-order chi connectivity index (χ1) is 14.5. The number of fused-ring (bicyclic) bond motifs is 2. The molecule has 1 unspecified atom stereocenters. The molecule has 2 aliphatic heterocycles. The maximum Gasteiger partial charge on any atom is 0.431 e. The topological polar surface area (TPSA) is 84.1 Å². The number of hydrogen-bond acceptors (Lipinski definition) is 6. The molecule has 160 valence electrons. The minimum absolute atomic E-state index is 0.0858. The van der Waals surface area contributed by atoms with Gasteiger partial charge in [0.15, 0.2) is 0 Å². The highest BCUT2D eigenvalue weighted by molar-refractivity contribution is 5.88. The van der Waals surface area contributed by atoms with Gasteiger partial charge in [-0.15, -0.1) is 0 Å². The second-order valence-electron chi connectivity index (χ2n) is 6.90. The first-order valence-electron chi connectivity index (χ1n) is 9.70. The van der Waals surface area contributed by atoms with Gasteiger partial charge in [-0.05, 0) is 12.1 Å². The molecule has 4 heterocycles. The zero-order chi connectivity index (χ0) is 21.0. The van der Waals surface area contributed by atoms with Gasteiger partial charge in [0.05, 0.1) is 31.2 Å². The van der Waals surface area contributed by atoms with Crippen molar-refractivity contribution in [2.45, 2.75) is 18.6 Å². The Bertz CT molecular complexity index is 976. The summed E-state index contributed by atoms with van der Waals surface area (Å²) >= 11 is 0. The Labute approximate surface area is 171 Å². The van der Waals surface area contributed by atoms with Crippen LogP contribution < -0.4 is 15.4 Å². The standard InChI is InChI=1S/C16H13F3N4O.C4H9NO/c17-16(18,19)13-7-10-14(20-8-21-15(10)23-13)22-11-5-6-24-12-4-2-1-3-9(11)12;1-3-6-4-2-5-1/h1-4,7-8,11H,5-6H2,(H2,20,21,22,23);5H,1-4H2. The first-order valence-corrected chi connectivity index (χ1v) is 9.70. The lowest BCUT2D eigenvalue weighted by Gasteiger charge is -2.27. The molecule has 3 N–H and O–H groups in total. The zero-order valence-corrected chi connectivity index (χ0v) is 16.1. The fraction of sp³-hybridized carbons (Fsp3) is 0.400. The van der Waals surface area contributed by atoms with Gasteiger partial charge in [0.1, 0.15) is 29.2 Å². The Balaban J connectivity index is 0.000000313. The molecule has 1 fully saturated rings. The van der Waals surface area contributed by atoms with Gasteiger partial charge in [0.25, 0.3) is 0 Å². The van der Waals surface area contributed by atoms with Crippen LogP contribution in [0.25, 0.3) is 11.0 Å². The number of aromatic nitrogens is 3. The molecule has 3 aromatic rings. The monoisotopic (exact) mass is 421 g/mol. The summed E-state index contributed by atoms with van der Waals surface area (Å²) in [6, 6.07) is 8.53. The van der Waals surface area contributed by atoms with E-state index >= 15 is 0 Å². The summed E-state index contributed by atoms with van der Waals surface area (Å²) in [6.45, 7) is 4.36. The number of anilines is 1. The van der Waals surface area contributed by atoms with E-state index < -0.39 is 11.9 Å². The fourth-order valence-corrected chi connectivity index (χ4v) is 3.38. The van der Waals surface area contributed by atoms with Crippen molar-refractivity contribution < 1.29 is 22.6 Å². The number of hydrogen-bond donors (Lipinski definition) is 3. The van der Waals surface area contributed by atoms with E-state index in [-0.39, 0.29) is 11.7 Å². The predicted molar refractivity (Wildman–Crippen MR) is 105 cm³/mol. The predicted octanol–water partition coefficient (Wildman–Crippen LogP) is 3.52. The summed E-state index contributed by atoms with van der Waals surface area (Å²) in [4.78, 5) is 10.3. The first kappa shape index (κ1) is 20.4. The largest absolute Gasteiger partial charge is 0.493 e. The SMILES string of the molecule is C1COCCN1.FC(F)(F)c1cc2c(NC3CCOc4ccccc43)ncnc2[nH]1. The Morgan fingerprint density at radius 2 is 1.87 bits per heavy atom. The number of ether oxygens (including phenoxy) is 2. The van der Waals surface area contributed by atoms with Crippen molar-refractivity contribution in [3.8, 4) is 5.75 Å². The lowest BCUT2D eigenvalue weighted by molar-refractivity contribution is -0.140. The molecule has 0 saturated carbocycles. The highest BCUT2D eigenvalue weighted by Gasteiger charge is 2.33. The number of para-hydroxylation sites is 1. The van der Waals surface area contributed by atoms with Gasteiger partial charge >= 0.3 is 6.18 Å². The number of H-pyrrole nitrogens is 1. The van der Waals surface area contributed by atoms with Gasteiger partial charge < -0.3 is 25.1 Å². The molecular formula is C20H22F3N5O2. The highest BCUT2D eigenvalue weighted by atomic mass is 19.4. The summed E-state index contributed by atoms with van der Waals surface area (Å²) < 4.78 is 49.3. The van der Waals surface area contributed by atoms with Crippen LogP contribution in [-0.2, 0) is 10.9 Å². The quantitative estimate of drug-likeness (QED) is 0.587. The van der Waals surface area contributed by atoms with Crippen molar-refractivity contribution in [3.05, 3.63) is 47.9 Å². The number of aromatic amines is 1. The third kappa shape index (κ3) is 4.65. The summed E-state index contributed by atoms with van der Waals surface area (Å²) in [5.74, 6) is 1.14. The highest BCUT2D eigenvalue weighted by Crippen LogP contribution is 2.36. The van der Waals surface area contributed by atoms with E-state index in [9.17, 15) is 13.2 Å². The van der Waals surface area contributed by atoms with Crippen LogP contribution in [-0.4, -0.2) is 47.9 Å². The molecular weight excluding hydrogens is 399 g/mol. The second-order valence-corrected chi connectivity index (χ2v) is 6.90. The summed E-state index contributed by atoms with van der Waals surface area (Å²) in [5.41, 5.74) is 0.274. The van der Waals surface area contributed by atoms with Crippen LogP contribution in [0, 0.1) is 0 Å². The van der Waals surface area contributed by atoms with Crippen molar-refractivity contribution in [1.82, 2.24) is 20.3 Å². The van der Waals surface area contributed by atoms with Crippen molar-refractivity contribution in [1.29, 1.82) is 0 Å². The lowest BCUT2D eigenvalue weighted by Crippen LogP contribution is -2.30. The summed E-state index contributed by atoms with van der Waals surface area (Å²) in [5, 5.41) is 6.70. The van der Waals surface area contributed by atoms with Gasteiger partial charge in [-0.25, -0.2) is 9.97 Å². The Morgan fingerprint density at radius 1 is 1.07 bits per heavy atom. The Kier molecular flexibility index (Phi) is 6.05. The molecule has 0 bridgehead atoms. The molecule has 1 atom stereocenters. The molecule has 0 spiro atoms. The fourth-order valence-electron chi connectivity index (χ4n) is 3.38. The van der Waals surface area contributed by atoms with Crippen molar-refractivity contribution in [3.63, 3.8) is 0 Å². The molecule has 0 radical (unpaired) electrons. The maximum absolute atomic E-state index is 12.9. The average molecular weight is 421 g/mol. The molecule has 5 rings (SSSR count). The van der Waals surface area contributed by atoms with Gasteiger partial charge in [0.2, 0.25) is 0 Å². The lowest BCUT2D eigenvalue weighted by atomic mass is 10.0. The molecule has 1 aromatic carbocycles. The van der Waals surface area contributed by atoms with Gasteiger partial charge in [-0.1, -0.05) is 18.2 Å². The van der Waals surface area contributed by atoms with E-state index in [2.05, 4.69) is 25.6 Å². The maximum atomic E-state index is 12.9. The van der Waals surface area contributed by atoms with Crippen LogP contribution in [0.1, 0.15) is 23.7 Å². The molecule has 2 aromatic heterocycles. The molecule has 10 heteroatoms. The number of nitrogens with zero attached hydrogens (tertiary/aromatic N) is 2. The minimum Gasteiger partial charge on any atom is -0.493 e. The second kappa shape index (κ2) is 8.88. The van der Waals surface area contributed by atoms with E-state index in [0.717, 1.165) is 43.7 Å². The molecule has 2 aliphatic rings. The van der Waals surface area contributed by atoms with Gasteiger partial charge in [-0.2, -0.15) is 13.2 Å². The van der Waals surface area contributed by atoms with Crippen LogP contribution in [0.15, 0.2) is 36.7 Å².